The standard InChI is InChI=1S/C16H21N2O4PS/c1-5-20-23(19,21-6-2)15-8-7-12(22-15)16-13(9-11(3)4)24-14(10-17)18-16/h7-8,11H,5-6,9H2,1-4H3. The molecule has 0 atom stereocenters. The highest BCUT2D eigenvalue weighted by Crippen LogP contribution is 2.48. The van der Waals surface area contributed by atoms with Crippen LogP contribution in [0.5, 0.6) is 0 Å². The van der Waals surface area contributed by atoms with Crippen molar-refractivity contribution in [2.45, 2.75) is 34.1 Å². The first-order chi connectivity index (χ1) is 11.4. The summed E-state index contributed by atoms with van der Waals surface area (Å²) in [5.74, 6) is 0.890. The van der Waals surface area contributed by atoms with Crippen LogP contribution in [0.3, 0.4) is 0 Å². The number of hydrogen-bond donors (Lipinski definition) is 0. The topological polar surface area (TPSA) is 85.4 Å². The summed E-state index contributed by atoms with van der Waals surface area (Å²) in [5, 5.41) is 9.50. The van der Waals surface area contributed by atoms with E-state index in [1.807, 2.05) is 0 Å². The number of rotatable bonds is 8. The summed E-state index contributed by atoms with van der Waals surface area (Å²) in [6, 6.07) is 5.35. The Labute approximate surface area is 146 Å². The highest BCUT2D eigenvalue weighted by atomic mass is 32.1. The summed E-state index contributed by atoms with van der Waals surface area (Å²) in [7, 11) is -3.47. The molecule has 0 radical (unpaired) electrons. The molecule has 0 spiro atoms. The van der Waals surface area contributed by atoms with Crippen LogP contribution in [0.1, 0.15) is 37.6 Å². The third-order valence-corrected chi connectivity index (χ3v) is 6.04. The van der Waals surface area contributed by atoms with Gasteiger partial charge in [-0.05, 0) is 38.3 Å². The number of hydrogen-bond acceptors (Lipinski definition) is 7. The third-order valence-electron chi connectivity index (χ3n) is 3.08. The van der Waals surface area contributed by atoms with E-state index < -0.39 is 7.60 Å². The molecule has 6 nitrogen and oxygen atoms in total. The minimum atomic E-state index is -3.47. The molecule has 0 unspecified atom stereocenters. The molecule has 0 saturated carbocycles. The van der Waals surface area contributed by atoms with E-state index in [9.17, 15) is 4.57 Å². The van der Waals surface area contributed by atoms with Gasteiger partial charge in [-0.1, -0.05) is 13.8 Å². The number of nitrogens with zero attached hydrogens (tertiary/aromatic N) is 2. The minimum absolute atomic E-state index is 0.156. The van der Waals surface area contributed by atoms with Gasteiger partial charge in [-0.3, -0.25) is 4.57 Å². The molecular weight excluding hydrogens is 347 g/mol. The Morgan fingerprint density at radius 3 is 2.54 bits per heavy atom. The van der Waals surface area contributed by atoms with Crippen molar-refractivity contribution in [3.8, 4) is 17.5 Å². The van der Waals surface area contributed by atoms with E-state index in [0.29, 0.717) is 22.4 Å². The lowest BCUT2D eigenvalue weighted by Gasteiger charge is -2.13. The summed E-state index contributed by atoms with van der Waals surface area (Å²) in [4.78, 5) is 5.31. The van der Waals surface area contributed by atoms with Crippen LogP contribution in [-0.4, -0.2) is 18.2 Å². The van der Waals surface area contributed by atoms with Crippen molar-refractivity contribution in [3.63, 3.8) is 0 Å². The SMILES string of the molecule is CCOP(=O)(OCC)c1ccc(-c2nc(C#N)sc2CC(C)C)o1. The van der Waals surface area contributed by atoms with Crippen LogP contribution in [0, 0.1) is 17.2 Å². The third kappa shape index (κ3) is 4.14. The molecule has 0 saturated heterocycles. The number of furan rings is 1. The minimum Gasteiger partial charge on any atom is -0.446 e. The first-order valence-electron chi connectivity index (χ1n) is 7.83. The molecule has 0 N–H and O–H groups in total. The van der Waals surface area contributed by atoms with Crippen LogP contribution >= 0.6 is 18.9 Å². The van der Waals surface area contributed by atoms with E-state index in [1.165, 1.54) is 11.3 Å². The average molecular weight is 368 g/mol. The molecule has 0 aliphatic heterocycles. The molecule has 2 heterocycles. The van der Waals surface area contributed by atoms with Crippen LogP contribution in [0.2, 0.25) is 0 Å². The van der Waals surface area contributed by atoms with Crippen molar-refractivity contribution in [1.82, 2.24) is 4.98 Å². The van der Waals surface area contributed by atoms with Crippen molar-refractivity contribution in [2.24, 2.45) is 5.92 Å². The van der Waals surface area contributed by atoms with Crippen molar-refractivity contribution in [2.75, 3.05) is 13.2 Å². The number of nitriles is 1. The zero-order valence-corrected chi connectivity index (χ0v) is 15.9. The highest BCUT2D eigenvalue weighted by molar-refractivity contribution is 7.61. The van der Waals surface area contributed by atoms with E-state index in [1.54, 1.807) is 26.0 Å². The summed E-state index contributed by atoms with van der Waals surface area (Å²) >= 11 is 1.36. The normalized spacial score (nSPS) is 11.8. The van der Waals surface area contributed by atoms with E-state index in [-0.39, 0.29) is 18.7 Å². The fourth-order valence-electron chi connectivity index (χ4n) is 2.21. The van der Waals surface area contributed by atoms with Crippen LogP contribution in [-0.2, 0) is 20.0 Å². The van der Waals surface area contributed by atoms with Gasteiger partial charge in [0.15, 0.2) is 10.8 Å². The Bertz CT molecular complexity index is 765. The molecule has 0 aliphatic carbocycles. The summed E-state index contributed by atoms with van der Waals surface area (Å²) in [6.45, 7) is 8.19. The van der Waals surface area contributed by atoms with Crippen molar-refractivity contribution in [1.29, 1.82) is 5.26 Å². The zero-order chi connectivity index (χ0) is 17.7. The lowest BCUT2D eigenvalue weighted by Crippen LogP contribution is -2.08. The smallest absolute Gasteiger partial charge is 0.396 e. The zero-order valence-electron chi connectivity index (χ0n) is 14.2. The molecule has 0 aromatic carbocycles. The summed E-state index contributed by atoms with van der Waals surface area (Å²) in [5.41, 5.74) is 0.777. The first-order valence-corrected chi connectivity index (χ1v) is 10.2. The van der Waals surface area contributed by atoms with E-state index in [2.05, 4.69) is 24.9 Å². The fraction of sp³-hybridized carbons (Fsp3) is 0.500. The molecule has 2 rings (SSSR count). The van der Waals surface area contributed by atoms with Gasteiger partial charge in [0.25, 0.3) is 0 Å². The second-order valence-electron chi connectivity index (χ2n) is 5.47. The van der Waals surface area contributed by atoms with Crippen LogP contribution in [0.25, 0.3) is 11.5 Å². The molecule has 24 heavy (non-hydrogen) atoms. The molecule has 0 aliphatic rings. The molecule has 2 aromatic heterocycles. The van der Waals surface area contributed by atoms with E-state index in [0.717, 1.165) is 11.3 Å². The van der Waals surface area contributed by atoms with Crippen LogP contribution < -0.4 is 5.50 Å². The Morgan fingerprint density at radius 2 is 2.00 bits per heavy atom. The molecule has 0 amide bonds. The second kappa shape index (κ2) is 8.09. The quantitative estimate of drug-likeness (QED) is 0.643. The predicted octanol–water partition coefficient (Wildman–Crippen LogP) is 4.36. The monoisotopic (exact) mass is 368 g/mol. The van der Waals surface area contributed by atoms with E-state index in [4.69, 9.17) is 18.7 Å². The Hall–Kier alpha value is -1.45. The molecule has 130 valence electrons. The van der Waals surface area contributed by atoms with Gasteiger partial charge in [0.1, 0.15) is 11.8 Å². The summed E-state index contributed by atoms with van der Waals surface area (Å²) < 4.78 is 29.1. The Balaban J connectivity index is 2.42. The van der Waals surface area contributed by atoms with Gasteiger partial charge >= 0.3 is 7.60 Å². The molecule has 0 bridgehead atoms. The van der Waals surface area contributed by atoms with Gasteiger partial charge in [-0.2, -0.15) is 5.26 Å². The van der Waals surface area contributed by atoms with Gasteiger partial charge in [-0.15, -0.1) is 11.3 Å². The largest absolute Gasteiger partial charge is 0.446 e. The van der Waals surface area contributed by atoms with Crippen molar-refractivity contribution in [3.05, 3.63) is 22.0 Å². The van der Waals surface area contributed by atoms with Crippen LogP contribution in [0.15, 0.2) is 16.5 Å². The maximum absolute atomic E-state index is 12.8. The van der Waals surface area contributed by atoms with Crippen molar-refractivity contribution < 1.29 is 18.0 Å². The molecular formula is C16H21N2O4PS. The Morgan fingerprint density at radius 1 is 1.33 bits per heavy atom. The first kappa shape index (κ1) is 18.9. The van der Waals surface area contributed by atoms with Gasteiger partial charge in [0.2, 0.25) is 5.50 Å². The Kier molecular flexibility index (Phi) is 6.36. The van der Waals surface area contributed by atoms with Gasteiger partial charge in [0, 0.05) is 4.88 Å². The maximum Gasteiger partial charge on any atom is 0.396 e. The van der Waals surface area contributed by atoms with Gasteiger partial charge in [0.05, 0.1) is 13.2 Å². The second-order valence-corrected chi connectivity index (χ2v) is 8.51. The average Bonchev–Trinajstić information content (AvgIpc) is 3.13. The summed E-state index contributed by atoms with van der Waals surface area (Å²) in [6.07, 6.45) is 0.791. The van der Waals surface area contributed by atoms with E-state index >= 15 is 0 Å². The maximum atomic E-state index is 12.8. The lowest BCUT2D eigenvalue weighted by molar-refractivity contribution is 0.225. The molecule has 2 aromatic rings. The number of aromatic nitrogens is 1. The van der Waals surface area contributed by atoms with Crippen LogP contribution in [0.4, 0.5) is 0 Å². The lowest BCUT2D eigenvalue weighted by atomic mass is 10.1. The van der Waals surface area contributed by atoms with Crippen molar-refractivity contribution >= 4 is 24.4 Å². The van der Waals surface area contributed by atoms with Gasteiger partial charge < -0.3 is 13.5 Å². The van der Waals surface area contributed by atoms with Gasteiger partial charge in [-0.25, -0.2) is 4.98 Å². The predicted molar refractivity (Wildman–Crippen MR) is 93.6 cm³/mol. The fourth-order valence-corrected chi connectivity index (χ4v) is 4.76. The highest BCUT2D eigenvalue weighted by Gasteiger charge is 2.31. The molecule has 0 fully saturated rings. The number of thiazole rings is 1. The molecule has 8 heteroatoms.